The van der Waals surface area contributed by atoms with E-state index < -0.39 is 17.2 Å². The summed E-state index contributed by atoms with van der Waals surface area (Å²) in [4.78, 5) is 26.7. The van der Waals surface area contributed by atoms with Crippen molar-refractivity contribution in [1.29, 1.82) is 0 Å². The minimum absolute atomic E-state index is 0.172. The SMILES string of the molecule is CNC1CN(c2c(F)c(C)c3c(=O)c(C(=O)O)cn(C4CC4)c3c2C)CC12CC2. The number of benzene rings is 1. The highest BCUT2D eigenvalue weighted by Crippen LogP contribution is 2.54. The molecular formula is C22H26FN3O3. The molecule has 1 spiro atoms. The van der Waals surface area contributed by atoms with E-state index in [1.54, 1.807) is 6.92 Å². The van der Waals surface area contributed by atoms with Crippen LogP contribution in [0.5, 0.6) is 0 Å². The molecule has 6 nitrogen and oxygen atoms in total. The van der Waals surface area contributed by atoms with Crippen molar-refractivity contribution in [3.63, 3.8) is 0 Å². The first kappa shape index (κ1) is 18.6. The Morgan fingerprint density at radius 3 is 2.48 bits per heavy atom. The molecule has 1 unspecified atom stereocenters. The maximum absolute atomic E-state index is 15.7. The van der Waals surface area contributed by atoms with Crippen LogP contribution in [-0.4, -0.2) is 41.8 Å². The van der Waals surface area contributed by atoms with Gasteiger partial charge in [0.25, 0.3) is 0 Å². The van der Waals surface area contributed by atoms with Gasteiger partial charge in [0, 0.05) is 42.3 Å². The minimum Gasteiger partial charge on any atom is -0.477 e. The molecule has 2 saturated carbocycles. The number of halogens is 1. The van der Waals surface area contributed by atoms with Crippen LogP contribution in [0.1, 0.15) is 53.2 Å². The van der Waals surface area contributed by atoms with Crippen LogP contribution < -0.4 is 15.6 Å². The molecule has 154 valence electrons. The lowest BCUT2D eigenvalue weighted by molar-refractivity contribution is 0.0695. The Labute approximate surface area is 168 Å². The van der Waals surface area contributed by atoms with E-state index in [9.17, 15) is 14.7 Å². The number of nitrogens with zero attached hydrogens (tertiary/aromatic N) is 2. The molecule has 0 amide bonds. The van der Waals surface area contributed by atoms with Crippen molar-refractivity contribution in [3.8, 4) is 0 Å². The summed E-state index contributed by atoms with van der Waals surface area (Å²) in [6.07, 6.45) is 5.64. The lowest BCUT2D eigenvalue weighted by Crippen LogP contribution is -2.34. The number of pyridine rings is 1. The van der Waals surface area contributed by atoms with Crippen LogP contribution in [0.25, 0.3) is 10.9 Å². The van der Waals surface area contributed by atoms with Crippen LogP contribution in [0, 0.1) is 25.1 Å². The molecule has 0 bridgehead atoms. The Bertz CT molecular complexity index is 1110. The summed E-state index contributed by atoms with van der Waals surface area (Å²) >= 11 is 0. The lowest BCUT2D eigenvalue weighted by Gasteiger charge is -2.26. The third-order valence-corrected chi connectivity index (χ3v) is 7.23. The largest absolute Gasteiger partial charge is 0.477 e. The first-order chi connectivity index (χ1) is 13.8. The van der Waals surface area contributed by atoms with Crippen LogP contribution in [0.3, 0.4) is 0 Å². The molecule has 1 atom stereocenters. The highest BCUT2D eigenvalue weighted by Gasteiger charge is 2.55. The number of carbonyl (C=O) groups is 1. The quantitative estimate of drug-likeness (QED) is 0.827. The van der Waals surface area contributed by atoms with Crippen molar-refractivity contribution in [3.05, 3.63) is 38.9 Å². The fraction of sp³-hybridized carbons (Fsp3) is 0.545. The Hall–Kier alpha value is -2.41. The summed E-state index contributed by atoms with van der Waals surface area (Å²) in [5, 5.41) is 13.1. The first-order valence-corrected chi connectivity index (χ1v) is 10.3. The molecule has 7 heteroatoms. The second kappa shape index (κ2) is 6.05. The van der Waals surface area contributed by atoms with Crippen molar-refractivity contribution in [2.24, 2.45) is 5.41 Å². The predicted octanol–water partition coefficient (Wildman–Crippen LogP) is 2.98. The predicted molar refractivity (Wildman–Crippen MR) is 110 cm³/mol. The summed E-state index contributed by atoms with van der Waals surface area (Å²) < 4.78 is 17.6. The zero-order valence-electron chi connectivity index (χ0n) is 17.0. The van der Waals surface area contributed by atoms with Gasteiger partial charge in [0.1, 0.15) is 5.56 Å². The highest BCUT2D eigenvalue weighted by molar-refractivity contribution is 5.97. The Morgan fingerprint density at radius 1 is 1.28 bits per heavy atom. The lowest BCUT2D eigenvalue weighted by atomic mass is 9.99. The van der Waals surface area contributed by atoms with Gasteiger partial charge in [-0.2, -0.15) is 0 Å². The maximum atomic E-state index is 15.7. The van der Waals surface area contributed by atoms with Gasteiger partial charge in [-0.05, 0) is 52.1 Å². The standard InChI is InChI=1S/C22H26FN3O3/c1-11-16-18(26(13-4-5-13)8-14(20(16)27)21(28)29)12(2)19(17(11)23)25-9-15(24-3)22(10-25)6-7-22/h8,13,15,24H,4-7,9-10H2,1-3H3,(H,28,29). The Balaban J connectivity index is 1.78. The summed E-state index contributed by atoms with van der Waals surface area (Å²) in [7, 11) is 1.96. The number of carboxylic acid groups (broad SMARTS) is 1. The number of aromatic carboxylic acids is 1. The normalized spacial score (nSPS) is 22.6. The molecule has 1 aliphatic heterocycles. The molecule has 1 saturated heterocycles. The highest BCUT2D eigenvalue weighted by atomic mass is 19.1. The van der Waals surface area contributed by atoms with Crippen LogP contribution >= 0.6 is 0 Å². The maximum Gasteiger partial charge on any atom is 0.341 e. The number of likely N-dealkylation sites (N-methyl/N-ethyl adjacent to an activating group) is 1. The van der Waals surface area contributed by atoms with E-state index in [4.69, 9.17) is 0 Å². The van der Waals surface area contributed by atoms with E-state index in [1.165, 1.54) is 6.20 Å². The van der Waals surface area contributed by atoms with Gasteiger partial charge in [0.05, 0.1) is 16.6 Å². The topological polar surface area (TPSA) is 74.6 Å². The Morgan fingerprint density at radius 2 is 1.97 bits per heavy atom. The molecule has 1 aromatic carbocycles. The van der Waals surface area contributed by atoms with E-state index in [-0.39, 0.29) is 28.0 Å². The third kappa shape index (κ3) is 2.56. The summed E-state index contributed by atoms with van der Waals surface area (Å²) in [5.41, 5.74) is 1.58. The molecule has 29 heavy (non-hydrogen) atoms. The van der Waals surface area contributed by atoms with Crippen LogP contribution in [0.4, 0.5) is 10.1 Å². The van der Waals surface area contributed by atoms with Gasteiger partial charge in [-0.1, -0.05) is 0 Å². The van der Waals surface area contributed by atoms with Crippen LogP contribution in [-0.2, 0) is 0 Å². The van der Waals surface area contributed by atoms with Crippen molar-refractivity contribution in [2.45, 2.75) is 51.6 Å². The first-order valence-electron chi connectivity index (χ1n) is 10.3. The zero-order chi connectivity index (χ0) is 20.7. The number of rotatable bonds is 4. The van der Waals surface area contributed by atoms with Crippen molar-refractivity contribution >= 4 is 22.6 Å². The number of nitrogens with one attached hydrogen (secondary N) is 1. The summed E-state index contributed by atoms with van der Waals surface area (Å²) in [6.45, 7) is 5.01. The summed E-state index contributed by atoms with van der Waals surface area (Å²) in [5.74, 6) is -1.66. The van der Waals surface area contributed by atoms with Crippen molar-refractivity contribution < 1.29 is 14.3 Å². The molecule has 0 radical (unpaired) electrons. The average molecular weight is 399 g/mol. The van der Waals surface area contributed by atoms with E-state index >= 15 is 4.39 Å². The number of fused-ring (bicyclic) bond motifs is 1. The molecule has 2 N–H and O–H groups in total. The third-order valence-electron chi connectivity index (χ3n) is 7.23. The monoisotopic (exact) mass is 399 g/mol. The minimum atomic E-state index is -1.26. The molecule has 2 heterocycles. The Kier molecular flexibility index (Phi) is 3.88. The second-order valence-corrected chi connectivity index (χ2v) is 9.04. The molecule has 2 aliphatic carbocycles. The van der Waals surface area contributed by atoms with E-state index in [0.717, 1.165) is 44.3 Å². The number of hydrogen-bond donors (Lipinski definition) is 2. The number of aromatic nitrogens is 1. The van der Waals surface area contributed by atoms with Gasteiger partial charge in [0.2, 0.25) is 5.43 Å². The van der Waals surface area contributed by atoms with Gasteiger partial charge >= 0.3 is 5.97 Å². The fourth-order valence-corrected chi connectivity index (χ4v) is 5.30. The average Bonchev–Trinajstić information content (AvgIpc) is 3.58. The van der Waals surface area contributed by atoms with Crippen molar-refractivity contribution in [1.82, 2.24) is 9.88 Å². The fourth-order valence-electron chi connectivity index (χ4n) is 5.30. The van der Waals surface area contributed by atoms with Crippen LogP contribution in [0.2, 0.25) is 0 Å². The molecule has 3 aliphatic rings. The molecule has 2 aromatic rings. The smallest absolute Gasteiger partial charge is 0.341 e. The van der Waals surface area contributed by atoms with Gasteiger partial charge in [-0.3, -0.25) is 4.79 Å². The van der Waals surface area contributed by atoms with Gasteiger partial charge in [-0.25, -0.2) is 9.18 Å². The second-order valence-electron chi connectivity index (χ2n) is 9.04. The number of anilines is 1. The molecule has 1 aromatic heterocycles. The molecular weight excluding hydrogens is 373 g/mol. The van der Waals surface area contributed by atoms with Crippen LogP contribution in [0.15, 0.2) is 11.0 Å². The zero-order valence-corrected chi connectivity index (χ0v) is 17.0. The molecule has 5 rings (SSSR count). The number of aryl methyl sites for hydroxylation is 2. The van der Waals surface area contributed by atoms with Gasteiger partial charge in [-0.15, -0.1) is 0 Å². The summed E-state index contributed by atoms with van der Waals surface area (Å²) in [6, 6.07) is 0.503. The van der Waals surface area contributed by atoms with E-state index in [2.05, 4.69) is 10.2 Å². The van der Waals surface area contributed by atoms with Gasteiger partial charge in [0.15, 0.2) is 5.82 Å². The van der Waals surface area contributed by atoms with E-state index in [0.29, 0.717) is 17.2 Å². The number of hydrogen-bond acceptors (Lipinski definition) is 4. The molecule has 3 fully saturated rings. The number of carboxylic acids is 1. The van der Waals surface area contributed by atoms with E-state index in [1.807, 2.05) is 18.5 Å². The van der Waals surface area contributed by atoms with Crippen molar-refractivity contribution in [2.75, 3.05) is 25.0 Å². The van der Waals surface area contributed by atoms with Gasteiger partial charge < -0.3 is 19.9 Å².